The summed E-state index contributed by atoms with van der Waals surface area (Å²) in [5, 5.41) is 11.5. The average Bonchev–Trinajstić information content (AvgIpc) is 3.04. The number of thioether (sulfide) groups is 1. The van der Waals surface area contributed by atoms with E-state index in [0.717, 1.165) is 23.0 Å². The fraction of sp³-hybridized carbons (Fsp3) is 0.429. The van der Waals surface area contributed by atoms with E-state index in [4.69, 9.17) is 0 Å². The number of carbonyl (C=O) groups is 1. The molecule has 6 heteroatoms. The van der Waals surface area contributed by atoms with Crippen molar-refractivity contribution in [2.24, 2.45) is 0 Å². The van der Waals surface area contributed by atoms with Crippen LogP contribution in [-0.4, -0.2) is 15.7 Å². The maximum Gasteiger partial charge on any atom is 0.257 e. The molecule has 2 aromatic rings. The minimum atomic E-state index is -0.147. The van der Waals surface area contributed by atoms with E-state index in [1.807, 2.05) is 33.3 Å². The summed E-state index contributed by atoms with van der Waals surface area (Å²) in [5.41, 5.74) is 2.84. The number of nitrogens with zero attached hydrogens (tertiary/aromatic N) is 2. The third-order valence-electron chi connectivity index (χ3n) is 3.20. The number of nitrogens with one attached hydrogen (secondary N) is 1. The van der Waals surface area contributed by atoms with E-state index >= 15 is 0 Å². The van der Waals surface area contributed by atoms with Gasteiger partial charge < -0.3 is 5.32 Å². The second kappa shape index (κ2) is 4.93. The van der Waals surface area contributed by atoms with Gasteiger partial charge >= 0.3 is 0 Å². The zero-order valence-electron chi connectivity index (χ0n) is 11.8. The summed E-state index contributed by atoms with van der Waals surface area (Å²) < 4.78 is 1.95. The molecule has 0 fully saturated rings. The first kappa shape index (κ1) is 13.7. The van der Waals surface area contributed by atoms with Crippen LogP contribution in [-0.2, 0) is 17.0 Å². The van der Waals surface area contributed by atoms with E-state index in [1.54, 1.807) is 0 Å². The van der Waals surface area contributed by atoms with E-state index in [2.05, 4.69) is 31.2 Å². The lowest BCUT2D eigenvalue weighted by molar-refractivity contribution is 0.102. The topological polar surface area (TPSA) is 46.9 Å². The van der Waals surface area contributed by atoms with Gasteiger partial charge in [-0.15, -0.1) is 0 Å². The third-order valence-corrected chi connectivity index (χ3v) is 4.86. The number of rotatable bonds is 2. The van der Waals surface area contributed by atoms with Crippen molar-refractivity contribution in [3.8, 4) is 0 Å². The molecule has 1 amide bonds. The summed E-state index contributed by atoms with van der Waals surface area (Å²) in [7, 11) is 0. The van der Waals surface area contributed by atoms with Gasteiger partial charge in [-0.2, -0.15) is 28.2 Å². The van der Waals surface area contributed by atoms with Gasteiger partial charge in [-0.1, -0.05) is 0 Å². The van der Waals surface area contributed by atoms with Crippen LogP contribution in [0.5, 0.6) is 0 Å². The van der Waals surface area contributed by atoms with Crippen molar-refractivity contribution in [3.05, 3.63) is 33.6 Å². The number of anilines is 1. The lowest BCUT2D eigenvalue weighted by atomic mass is 10.1. The average molecular weight is 307 g/mol. The van der Waals surface area contributed by atoms with E-state index < -0.39 is 0 Å². The van der Waals surface area contributed by atoms with Gasteiger partial charge in [-0.3, -0.25) is 4.79 Å². The van der Waals surface area contributed by atoms with Crippen LogP contribution >= 0.6 is 23.1 Å². The minimum Gasteiger partial charge on any atom is -0.306 e. The monoisotopic (exact) mass is 307 g/mol. The van der Waals surface area contributed by atoms with Gasteiger partial charge in [0.05, 0.1) is 16.8 Å². The van der Waals surface area contributed by atoms with E-state index in [1.165, 1.54) is 16.9 Å². The van der Waals surface area contributed by atoms with Crippen molar-refractivity contribution in [3.63, 3.8) is 0 Å². The van der Waals surface area contributed by atoms with Crippen molar-refractivity contribution in [2.45, 2.75) is 37.8 Å². The number of amides is 1. The molecule has 3 heterocycles. The highest BCUT2D eigenvalue weighted by Gasteiger charge is 2.28. The molecule has 0 atom stereocenters. The molecule has 1 N–H and O–H groups in total. The zero-order chi connectivity index (χ0) is 14.3. The molecule has 106 valence electrons. The first-order valence-corrected chi connectivity index (χ1v) is 8.59. The van der Waals surface area contributed by atoms with Crippen molar-refractivity contribution in [1.82, 2.24) is 9.78 Å². The van der Waals surface area contributed by atoms with Crippen molar-refractivity contribution >= 4 is 34.8 Å². The Bertz CT molecular complexity index is 638. The molecular formula is C14H17N3OS2. The summed E-state index contributed by atoms with van der Waals surface area (Å²) in [4.78, 5) is 12.3. The van der Waals surface area contributed by atoms with Crippen LogP contribution in [0.1, 0.15) is 42.4 Å². The van der Waals surface area contributed by atoms with Gasteiger partial charge in [-0.25, -0.2) is 4.68 Å². The number of aromatic nitrogens is 2. The normalized spacial score (nSPS) is 14.3. The molecular weight excluding hydrogens is 290 g/mol. The number of hydrogen-bond donors (Lipinski definition) is 1. The Labute approximate surface area is 126 Å². The Hall–Kier alpha value is -1.27. The Morgan fingerprint density at radius 2 is 2.20 bits per heavy atom. The molecule has 3 rings (SSSR count). The number of fused-ring (bicyclic) bond motifs is 1. The number of hydrogen-bond acceptors (Lipinski definition) is 4. The Balaban J connectivity index is 1.98. The fourth-order valence-corrected chi connectivity index (χ4v) is 3.87. The fourth-order valence-electron chi connectivity index (χ4n) is 2.20. The molecule has 0 saturated heterocycles. The Morgan fingerprint density at radius 1 is 1.40 bits per heavy atom. The van der Waals surface area contributed by atoms with E-state index in [0.29, 0.717) is 5.56 Å². The van der Waals surface area contributed by atoms with Gasteiger partial charge in [0.15, 0.2) is 0 Å². The SMILES string of the molecule is CC(C)(C)n1nc2c(c1NC(=O)c1ccsc1)CSC2. The van der Waals surface area contributed by atoms with Crippen molar-refractivity contribution in [2.75, 3.05) is 5.32 Å². The highest BCUT2D eigenvalue weighted by atomic mass is 32.2. The first-order chi connectivity index (χ1) is 9.47. The van der Waals surface area contributed by atoms with Crippen LogP contribution in [0.2, 0.25) is 0 Å². The van der Waals surface area contributed by atoms with Crippen LogP contribution in [0, 0.1) is 0 Å². The van der Waals surface area contributed by atoms with Crippen LogP contribution in [0.15, 0.2) is 16.8 Å². The number of thiophene rings is 1. The second-order valence-corrected chi connectivity index (χ2v) is 7.58. The molecule has 20 heavy (non-hydrogen) atoms. The van der Waals surface area contributed by atoms with Crippen LogP contribution in [0.25, 0.3) is 0 Å². The molecule has 0 bridgehead atoms. The quantitative estimate of drug-likeness (QED) is 0.920. The summed E-state index contributed by atoms with van der Waals surface area (Å²) in [6.45, 7) is 6.30. The van der Waals surface area contributed by atoms with Crippen LogP contribution < -0.4 is 5.32 Å². The Morgan fingerprint density at radius 3 is 2.85 bits per heavy atom. The maximum atomic E-state index is 12.3. The predicted molar refractivity (Wildman–Crippen MR) is 84.5 cm³/mol. The smallest absolute Gasteiger partial charge is 0.257 e. The summed E-state index contributed by atoms with van der Waals surface area (Å²) in [6.07, 6.45) is 0. The van der Waals surface area contributed by atoms with Gasteiger partial charge in [0, 0.05) is 22.4 Å². The summed E-state index contributed by atoms with van der Waals surface area (Å²) >= 11 is 3.37. The van der Waals surface area contributed by atoms with Gasteiger partial charge in [0.1, 0.15) is 5.82 Å². The van der Waals surface area contributed by atoms with Gasteiger partial charge in [0.25, 0.3) is 5.91 Å². The lowest BCUT2D eigenvalue weighted by Gasteiger charge is -2.23. The zero-order valence-corrected chi connectivity index (χ0v) is 13.4. The molecule has 1 aliphatic heterocycles. The summed E-state index contributed by atoms with van der Waals surface area (Å²) in [5.74, 6) is 2.65. The number of carbonyl (C=O) groups excluding carboxylic acids is 1. The second-order valence-electron chi connectivity index (χ2n) is 5.82. The molecule has 0 aromatic carbocycles. The predicted octanol–water partition coefficient (Wildman–Crippen LogP) is 3.70. The van der Waals surface area contributed by atoms with E-state index in [9.17, 15) is 4.79 Å². The highest BCUT2D eigenvalue weighted by molar-refractivity contribution is 7.98. The molecule has 0 saturated carbocycles. The molecule has 2 aromatic heterocycles. The minimum absolute atomic E-state index is 0.0589. The third kappa shape index (κ3) is 2.38. The highest BCUT2D eigenvalue weighted by Crippen LogP contribution is 2.37. The largest absolute Gasteiger partial charge is 0.306 e. The molecule has 0 unspecified atom stereocenters. The van der Waals surface area contributed by atoms with Crippen LogP contribution in [0.4, 0.5) is 5.82 Å². The molecule has 0 spiro atoms. The lowest BCUT2D eigenvalue weighted by Crippen LogP contribution is -2.27. The van der Waals surface area contributed by atoms with Crippen molar-refractivity contribution < 1.29 is 4.79 Å². The summed E-state index contributed by atoms with van der Waals surface area (Å²) in [6, 6.07) is 1.84. The molecule has 0 aliphatic carbocycles. The standard InChI is InChI=1S/C14H17N3OS2/c1-14(2,3)17-12(10-7-20-8-11(10)16-17)15-13(18)9-4-5-19-6-9/h4-6H,7-8H2,1-3H3,(H,15,18). The van der Waals surface area contributed by atoms with Gasteiger partial charge in [-0.05, 0) is 32.2 Å². The van der Waals surface area contributed by atoms with Crippen LogP contribution in [0.3, 0.4) is 0 Å². The molecule has 1 aliphatic rings. The molecule has 0 radical (unpaired) electrons. The van der Waals surface area contributed by atoms with Gasteiger partial charge in [0.2, 0.25) is 0 Å². The van der Waals surface area contributed by atoms with Crippen molar-refractivity contribution in [1.29, 1.82) is 0 Å². The van der Waals surface area contributed by atoms with E-state index in [-0.39, 0.29) is 11.4 Å². The Kier molecular flexibility index (Phi) is 3.38. The first-order valence-electron chi connectivity index (χ1n) is 6.49. The maximum absolute atomic E-state index is 12.3. The molecule has 4 nitrogen and oxygen atoms in total.